The number of hydrogen-bond donors (Lipinski definition) is 1. The monoisotopic (exact) mass is 1160 g/mol. The van der Waals surface area contributed by atoms with Gasteiger partial charge in [-0.15, -0.1) is 11.3 Å². The predicted octanol–water partition coefficient (Wildman–Crippen LogP) is 12.0. The summed E-state index contributed by atoms with van der Waals surface area (Å²) in [4.78, 5) is 30.2. The lowest BCUT2D eigenvalue weighted by Gasteiger charge is -2.17. The summed E-state index contributed by atoms with van der Waals surface area (Å²) in [6.45, 7) is 9.17. The summed E-state index contributed by atoms with van der Waals surface area (Å²) < 4.78 is 111. The smallest absolute Gasteiger partial charge is 0.338 e. The van der Waals surface area contributed by atoms with Crippen LogP contribution in [0.25, 0.3) is 0 Å². The summed E-state index contributed by atoms with van der Waals surface area (Å²) >= 11 is 1.18. The minimum Gasteiger partial charge on any atom is -0.488 e. The summed E-state index contributed by atoms with van der Waals surface area (Å²) in [5.41, 5.74) is 3.05. The molecule has 6 aromatic carbocycles. The Morgan fingerprint density at radius 1 is 0.595 bits per heavy atom. The van der Waals surface area contributed by atoms with Crippen molar-refractivity contribution in [2.24, 2.45) is 0 Å². The molecule has 18 nitrogen and oxygen atoms in total. The average Bonchev–Trinajstić information content (AvgIpc) is 3.85. The maximum absolute atomic E-state index is 13.4. The molecule has 420 valence electrons. The predicted molar refractivity (Wildman–Crippen MR) is 300 cm³/mol. The van der Waals surface area contributed by atoms with Gasteiger partial charge < -0.3 is 42.2 Å². The van der Waals surface area contributed by atoms with Gasteiger partial charge in [0.05, 0.1) is 74.0 Å². The van der Waals surface area contributed by atoms with E-state index in [0.717, 1.165) is 23.6 Å². The third kappa shape index (κ3) is 20.3. The topological polar surface area (TPSA) is 227 Å². The van der Waals surface area contributed by atoms with Gasteiger partial charge in [-0.25, -0.2) is 26.6 Å². The molecule has 7 aromatic rings. The fourth-order valence-corrected chi connectivity index (χ4v) is 10.9. The van der Waals surface area contributed by atoms with Gasteiger partial charge in [-0.2, -0.15) is 0 Å². The lowest BCUT2D eigenvalue weighted by atomic mass is 10.2. The Hall–Kier alpha value is -6.94. The van der Waals surface area contributed by atoms with Crippen LogP contribution in [0.4, 0.5) is 5.13 Å². The number of thiazole rings is 1. The molecule has 22 heteroatoms. The second kappa shape index (κ2) is 29.3. The number of hydrogen-bond acceptors (Lipinski definition) is 18. The fourth-order valence-electron chi connectivity index (χ4n) is 7.24. The van der Waals surface area contributed by atoms with Crippen molar-refractivity contribution in [1.29, 1.82) is 0 Å². The highest BCUT2D eigenvalue weighted by atomic mass is 32.2. The van der Waals surface area contributed by atoms with Gasteiger partial charge >= 0.3 is 13.6 Å². The lowest BCUT2D eigenvalue weighted by Crippen LogP contribution is -2.19. The van der Waals surface area contributed by atoms with Gasteiger partial charge in [0.25, 0.3) is 5.91 Å². The SMILES string of the molecule is CCOP(=O)(Cc1csc(NC(=O)c2cc(Oc3ccc(S(C)(=O)=O)cc3)cc(O[C@@H](C)COCc3ccccc3)c2)n1)OCC.COC(=O)c1cc(Oc2ccc(S(C)(=O)=O)cc2)cc(O[C@@H](C)COCc2ccccc2)c1. The first-order valence-corrected chi connectivity index (χ1v) is 31.1. The number of carbonyl (C=O) groups excluding carboxylic acids is 2. The molecule has 0 unspecified atom stereocenters. The van der Waals surface area contributed by atoms with Gasteiger partial charge in [-0.3, -0.25) is 14.7 Å². The Labute approximate surface area is 465 Å². The molecule has 0 spiro atoms. The van der Waals surface area contributed by atoms with E-state index in [1.54, 1.807) is 55.6 Å². The van der Waals surface area contributed by atoms with Crippen LogP contribution in [0.1, 0.15) is 65.2 Å². The Morgan fingerprint density at radius 3 is 1.46 bits per heavy atom. The fraction of sp³-hybridized carbons (Fsp3) is 0.281. The molecule has 0 aliphatic heterocycles. The van der Waals surface area contributed by atoms with E-state index in [1.165, 1.54) is 67.0 Å². The van der Waals surface area contributed by atoms with Crippen molar-refractivity contribution in [2.75, 3.05) is 51.4 Å². The third-order valence-electron chi connectivity index (χ3n) is 10.8. The number of methoxy groups -OCH3 is 1. The van der Waals surface area contributed by atoms with E-state index < -0.39 is 39.1 Å². The van der Waals surface area contributed by atoms with E-state index in [1.807, 2.05) is 74.5 Å². The summed E-state index contributed by atoms with van der Waals surface area (Å²) in [6.07, 6.45) is 1.59. The van der Waals surface area contributed by atoms with Crippen molar-refractivity contribution >= 4 is 55.6 Å². The molecule has 79 heavy (non-hydrogen) atoms. The number of ether oxygens (including phenoxy) is 7. The summed E-state index contributed by atoms with van der Waals surface area (Å²) in [7, 11) is -8.76. The number of carbonyl (C=O) groups is 2. The number of aromatic nitrogens is 1. The van der Waals surface area contributed by atoms with Crippen molar-refractivity contribution in [2.45, 2.75) is 69.1 Å². The van der Waals surface area contributed by atoms with E-state index in [4.69, 9.17) is 42.2 Å². The molecule has 0 saturated carbocycles. The van der Waals surface area contributed by atoms with Crippen molar-refractivity contribution < 1.29 is 73.2 Å². The zero-order valence-electron chi connectivity index (χ0n) is 44.7. The Bertz CT molecular complexity index is 3350. The number of anilines is 1. The molecule has 1 amide bonds. The van der Waals surface area contributed by atoms with E-state index >= 15 is 0 Å². The van der Waals surface area contributed by atoms with Crippen LogP contribution >= 0.6 is 18.9 Å². The van der Waals surface area contributed by atoms with Crippen LogP contribution in [0.5, 0.6) is 34.5 Å². The number of sulfone groups is 2. The van der Waals surface area contributed by atoms with E-state index in [2.05, 4.69) is 10.3 Å². The van der Waals surface area contributed by atoms with Gasteiger partial charge in [0.2, 0.25) is 0 Å². The highest BCUT2D eigenvalue weighted by Gasteiger charge is 2.26. The maximum Gasteiger partial charge on any atom is 0.338 e. The quantitative estimate of drug-likeness (QED) is 0.0373. The van der Waals surface area contributed by atoms with Gasteiger partial charge in [-0.1, -0.05) is 60.7 Å². The Balaban J connectivity index is 0.000000269. The first kappa shape index (κ1) is 61.3. The molecule has 0 aliphatic carbocycles. The summed E-state index contributed by atoms with van der Waals surface area (Å²) in [5.74, 6) is 1.18. The van der Waals surface area contributed by atoms with Gasteiger partial charge in [0.1, 0.15) is 46.7 Å². The second-order valence-corrected chi connectivity index (χ2v) is 24.6. The molecule has 1 heterocycles. The number of nitrogens with one attached hydrogen (secondary N) is 1. The molecule has 0 bridgehead atoms. The Morgan fingerprint density at radius 2 is 1.03 bits per heavy atom. The summed E-state index contributed by atoms with van der Waals surface area (Å²) in [5, 5.41) is 4.76. The van der Waals surface area contributed by atoms with Crippen molar-refractivity contribution in [3.05, 3.63) is 179 Å². The van der Waals surface area contributed by atoms with Gasteiger partial charge in [-0.05, 0) is 112 Å². The molecule has 1 aromatic heterocycles. The van der Waals surface area contributed by atoms with Gasteiger partial charge in [0.15, 0.2) is 24.8 Å². The van der Waals surface area contributed by atoms with E-state index in [-0.39, 0.29) is 52.5 Å². The third-order valence-corrected chi connectivity index (χ3v) is 15.9. The zero-order valence-corrected chi connectivity index (χ0v) is 48.0. The molecule has 0 saturated heterocycles. The average molecular weight is 1160 g/mol. The number of amides is 1. The molecule has 7 rings (SSSR count). The second-order valence-electron chi connectivity index (χ2n) is 17.6. The molecule has 1 N–H and O–H groups in total. The molecular formula is C57H63N2O16PS3. The van der Waals surface area contributed by atoms with Crippen LogP contribution in [0.2, 0.25) is 0 Å². The van der Waals surface area contributed by atoms with Crippen LogP contribution in [-0.4, -0.2) is 92.0 Å². The first-order valence-electron chi connectivity index (χ1n) is 24.8. The molecule has 0 fully saturated rings. The molecule has 0 aliphatic rings. The zero-order chi connectivity index (χ0) is 57.0. The number of nitrogens with zero attached hydrogens (tertiary/aromatic N) is 1. The van der Waals surface area contributed by atoms with E-state index in [0.29, 0.717) is 71.8 Å². The highest BCUT2D eigenvalue weighted by molar-refractivity contribution is 7.91. The standard InChI is InChI=1S/C32H37N2O9PS2.C25H26O7S/c1-5-40-44(36,41-6-2)21-26-22-45-32(33-26)34-31(35)25-16-28(42-23(3)19-39-20-24-10-8-7-9-11-24)18-29(17-25)43-27-12-14-30(15-13-27)46(4,37)38;1-18(16-30-17-19-7-5-4-6-8-19)31-22-13-20(25(26)29-2)14-23(15-22)32-21-9-11-24(12-10-21)33(3,27)28/h7-18,22-23H,5-6,19-21H2,1-4H3,(H,33,34,35);4-15,18H,16-17H2,1-3H3/t23-;18-/m00/s1. The van der Waals surface area contributed by atoms with Gasteiger partial charge in [0, 0.05) is 35.6 Å². The van der Waals surface area contributed by atoms with Crippen LogP contribution < -0.4 is 24.3 Å². The molecule has 2 atom stereocenters. The van der Waals surface area contributed by atoms with E-state index in [9.17, 15) is 31.0 Å². The summed E-state index contributed by atoms with van der Waals surface area (Å²) in [6, 6.07) is 41.0. The van der Waals surface area contributed by atoms with Crippen LogP contribution in [-0.2, 0) is 66.9 Å². The molecule has 0 radical (unpaired) electrons. The van der Waals surface area contributed by atoms with Crippen molar-refractivity contribution in [3.63, 3.8) is 0 Å². The normalized spacial score (nSPS) is 12.3. The number of esters is 1. The van der Waals surface area contributed by atoms with Crippen molar-refractivity contribution in [3.8, 4) is 34.5 Å². The van der Waals surface area contributed by atoms with Crippen LogP contribution in [0, 0.1) is 0 Å². The molecular weight excluding hydrogens is 1100 g/mol. The maximum atomic E-state index is 13.4. The first-order chi connectivity index (χ1) is 37.7. The lowest BCUT2D eigenvalue weighted by molar-refractivity contribution is 0.0489. The Kier molecular flexibility index (Phi) is 22.7. The van der Waals surface area contributed by atoms with Crippen LogP contribution in [0.15, 0.2) is 161 Å². The largest absolute Gasteiger partial charge is 0.488 e. The van der Waals surface area contributed by atoms with Crippen LogP contribution in [0.3, 0.4) is 0 Å². The minimum atomic E-state index is -3.38. The minimum absolute atomic E-state index is 0.0231. The number of rotatable bonds is 27. The number of benzene rings is 6. The highest BCUT2D eigenvalue weighted by Crippen LogP contribution is 2.51. The van der Waals surface area contributed by atoms with Crippen molar-refractivity contribution in [1.82, 2.24) is 4.98 Å².